The topological polar surface area (TPSA) is 72.9 Å². The van der Waals surface area contributed by atoms with Crippen molar-refractivity contribution in [2.45, 2.75) is 39.2 Å². The number of nitrogens with zero attached hydrogens (tertiary/aromatic N) is 4. The Kier molecular flexibility index (Phi) is 7.45. The monoisotopic (exact) mass is 374 g/mol. The molecule has 0 radical (unpaired) electrons. The van der Waals surface area contributed by atoms with Gasteiger partial charge in [-0.05, 0) is 25.8 Å². The van der Waals surface area contributed by atoms with Crippen LogP contribution < -0.4 is 15.5 Å². The number of amides is 1. The SMILES string of the molecule is CCNC(=NCc1cccnc1N(C)C)NCC1(C(=O)N(C)C)CCCC1. The molecule has 0 unspecified atom stereocenters. The summed E-state index contributed by atoms with van der Waals surface area (Å²) in [7, 11) is 7.64. The first-order valence-corrected chi connectivity index (χ1v) is 9.75. The van der Waals surface area contributed by atoms with Crippen LogP contribution in [0.15, 0.2) is 23.3 Å². The van der Waals surface area contributed by atoms with E-state index in [1.54, 1.807) is 11.1 Å². The molecule has 1 fully saturated rings. The highest BCUT2D eigenvalue weighted by Crippen LogP contribution is 2.38. The Morgan fingerprint density at radius 3 is 2.52 bits per heavy atom. The summed E-state index contributed by atoms with van der Waals surface area (Å²) >= 11 is 0. The number of nitrogens with one attached hydrogen (secondary N) is 2. The van der Waals surface area contributed by atoms with Crippen molar-refractivity contribution < 1.29 is 4.79 Å². The first kappa shape index (κ1) is 21.0. The van der Waals surface area contributed by atoms with Crippen molar-refractivity contribution in [3.05, 3.63) is 23.9 Å². The lowest BCUT2D eigenvalue weighted by Gasteiger charge is -2.31. The lowest BCUT2D eigenvalue weighted by atomic mass is 9.84. The number of aromatic nitrogens is 1. The van der Waals surface area contributed by atoms with E-state index in [0.29, 0.717) is 13.1 Å². The maximum Gasteiger partial charge on any atom is 0.230 e. The number of anilines is 1. The van der Waals surface area contributed by atoms with E-state index < -0.39 is 0 Å². The molecule has 1 amide bonds. The summed E-state index contributed by atoms with van der Waals surface area (Å²) in [6.07, 6.45) is 5.88. The quantitative estimate of drug-likeness (QED) is 0.563. The number of carbonyl (C=O) groups is 1. The second-order valence-electron chi connectivity index (χ2n) is 7.62. The van der Waals surface area contributed by atoms with Crippen LogP contribution in [0.4, 0.5) is 5.82 Å². The third-order valence-electron chi connectivity index (χ3n) is 5.06. The van der Waals surface area contributed by atoms with Crippen LogP contribution in [0.25, 0.3) is 0 Å². The molecule has 0 spiro atoms. The van der Waals surface area contributed by atoms with Gasteiger partial charge in [-0.3, -0.25) is 4.79 Å². The molecule has 1 heterocycles. The van der Waals surface area contributed by atoms with Gasteiger partial charge in [-0.15, -0.1) is 0 Å². The Balaban J connectivity index is 2.11. The summed E-state index contributed by atoms with van der Waals surface area (Å²) in [6.45, 7) is 3.96. The predicted octanol–water partition coefficient (Wildman–Crippen LogP) is 1.85. The van der Waals surface area contributed by atoms with Gasteiger partial charge in [-0.25, -0.2) is 9.98 Å². The summed E-state index contributed by atoms with van der Waals surface area (Å²) in [4.78, 5) is 25.6. The van der Waals surface area contributed by atoms with Gasteiger partial charge in [0.2, 0.25) is 5.91 Å². The summed E-state index contributed by atoms with van der Waals surface area (Å²) in [5.41, 5.74) is 0.752. The minimum atomic E-state index is -0.317. The number of carbonyl (C=O) groups excluding carboxylic acids is 1. The number of guanidine groups is 1. The first-order chi connectivity index (χ1) is 12.9. The second kappa shape index (κ2) is 9.58. The zero-order valence-electron chi connectivity index (χ0n) is 17.4. The molecule has 27 heavy (non-hydrogen) atoms. The molecule has 1 aliphatic carbocycles. The minimum Gasteiger partial charge on any atom is -0.362 e. The molecule has 0 atom stereocenters. The summed E-state index contributed by atoms with van der Waals surface area (Å²) in [5, 5.41) is 6.71. The average molecular weight is 375 g/mol. The zero-order valence-corrected chi connectivity index (χ0v) is 17.4. The van der Waals surface area contributed by atoms with E-state index in [2.05, 4.69) is 15.6 Å². The molecular weight excluding hydrogens is 340 g/mol. The van der Waals surface area contributed by atoms with Gasteiger partial charge >= 0.3 is 0 Å². The van der Waals surface area contributed by atoms with Crippen molar-refractivity contribution in [3.8, 4) is 0 Å². The highest BCUT2D eigenvalue weighted by atomic mass is 16.2. The zero-order chi connectivity index (χ0) is 19.9. The van der Waals surface area contributed by atoms with E-state index >= 15 is 0 Å². The van der Waals surface area contributed by atoms with Crippen molar-refractivity contribution in [1.29, 1.82) is 0 Å². The van der Waals surface area contributed by atoms with Gasteiger partial charge < -0.3 is 20.4 Å². The van der Waals surface area contributed by atoms with Crippen LogP contribution in [0.3, 0.4) is 0 Å². The molecular formula is C20H34N6O. The van der Waals surface area contributed by atoms with Crippen LogP contribution in [0.5, 0.6) is 0 Å². The molecule has 2 rings (SSSR count). The lowest BCUT2D eigenvalue weighted by Crippen LogP contribution is -2.49. The highest BCUT2D eigenvalue weighted by molar-refractivity contribution is 5.85. The molecule has 7 nitrogen and oxygen atoms in total. The van der Waals surface area contributed by atoms with Crippen LogP contribution >= 0.6 is 0 Å². The van der Waals surface area contributed by atoms with E-state index in [1.807, 2.05) is 52.1 Å². The van der Waals surface area contributed by atoms with Gasteiger partial charge in [-0.2, -0.15) is 0 Å². The van der Waals surface area contributed by atoms with Crippen molar-refractivity contribution >= 4 is 17.7 Å². The fourth-order valence-electron chi connectivity index (χ4n) is 3.71. The molecule has 0 saturated heterocycles. The first-order valence-electron chi connectivity index (χ1n) is 9.75. The van der Waals surface area contributed by atoms with Crippen molar-refractivity contribution in [1.82, 2.24) is 20.5 Å². The van der Waals surface area contributed by atoms with Gasteiger partial charge in [0.05, 0.1) is 12.0 Å². The third-order valence-corrected chi connectivity index (χ3v) is 5.06. The Hall–Kier alpha value is -2.31. The smallest absolute Gasteiger partial charge is 0.230 e. The number of rotatable bonds is 7. The standard InChI is InChI=1S/C20H34N6O/c1-6-21-19(23-14-16-10-9-13-22-17(16)25(2)3)24-15-20(11-7-8-12-20)18(27)26(4)5/h9-10,13H,6-8,11-12,14-15H2,1-5H3,(H2,21,23,24). The number of aliphatic imine (C=N–C) groups is 1. The maximum absolute atomic E-state index is 12.7. The van der Waals surface area contributed by atoms with Crippen molar-refractivity contribution in [2.24, 2.45) is 10.4 Å². The number of pyridine rings is 1. The van der Waals surface area contributed by atoms with E-state index in [9.17, 15) is 4.79 Å². The van der Waals surface area contributed by atoms with Gasteiger partial charge in [0.1, 0.15) is 5.82 Å². The Labute approximate surface area is 163 Å². The van der Waals surface area contributed by atoms with Crippen LogP contribution in [-0.4, -0.2) is 63.0 Å². The average Bonchev–Trinajstić information content (AvgIpc) is 3.13. The maximum atomic E-state index is 12.7. The summed E-state index contributed by atoms with van der Waals surface area (Å²) < 4.78 is 0. The Morgan fingerprint density at radius 1 is 1.22 bits per heavy atom. The molecule has 1 aromatic heterocycles. The summed E-state index contributed by atoms with van der Waals surface area (Å²) in [5.74, 6) is 1.88. The number of hydrogen-bond donors (Lipinski definition) is 2. The van der Waals surface area contributed by atoms with E-state index in [1.165, 1.54) is 0 Å². The molecule has 1 aliphatic rings. The Morgan fingerprint density at radius 2 is 1.93 bits per heavy atom. The Bertz CT molecular complexity index is 650. The van der Waals surface area contributed by atoms with E-state index in [-0.39, 0.29) is 11.3 Å². The predicted molar refractivity (Wildman–Crippen MR) is 111 cm³/mol. The van der Waals surface area contributed by atoms with Crippen molar-refractivity contribution in [3.63, 3.8) is 0 Å². The number of hydrogen-bond acceptors (Lipinski definition) is 4. The molecule has 1 aromatic rings. The minimum absolute atomic E-state index is 0.213. The van der Waals surface area contributed by atoms with Crippen LogP contribution in [0.2, 0.25) is 0 Å². The molecule has 0 aliphatic heterocycles. The van der Waals surface area contributed by atoms with E-state index in [4.69, 9.17) is 4.99 Å². The molecule has 2 N–H and O–H groups in total. The molecule has 0 aromatic carbocycles. The molecule has 150 valence electrons. The van der Waals surface area contributed by atoms with Gasteiger partial charge in [-0.1, -0.05) is 18.9 Å². The van der Waals surface area contributed by atoms with Gasteiger partial charge in [0.15, 0.2) is 5.96 Å². The normalized spacial score (nSPS) is 16.1. The van der Waals surface area contributed by atoms with Crippen molar-refractivity contribution in [2.75, 3.05) is 46.2 Å². The molecule has 0 bridgehead atoms. The van der Waals surface area contributed by atoms with Crippen LogP contribution in [0, 0.1) is 5.41 Å². The fourth-order valence-corrected chi connectivity index (χ4v) is 3.71. The summed E-state index contributed by atoms with van der Waals surface area (Å²) in [6, 6.07) is 3.98. The molecule has 1 saturated carbocycles. The van der Waals surface area contributed by atoms with E-state index in [0.717, 1.165) is 49.6 Å². The fraction of sp³-hybridized carbons (Fsp3) is 0.650. The highest BCUT2D eigenvalue weighted by Gasteiger charge is 2.42. The van der Waals surface area contributed by atoms with Gasteiger partial charge in [0.25, 0.3) is 0 Å². The van der Waals surface area contributed by atoms with Crippen LogP contribution in [-0.2, 0) is 11.3 Å². The third kappa shape index (κ3) is 5.34. The largest absolute Gasteiger partial charge is 0.362 e. The van der Waals surface area contributed by atoms with Crippen LogP contribution in [0.1, 0.15) is 38.2 Å². The lowest BCUT2D eigenvalue weighted by molar-refractivity contribution is -0.138. The second-order valence-corrected chi connectivity index (χ2v) is 7.62. The molecule has 7 heteroatoms. The van der Waals surface area contributed by atoms with Gasteiger partial charge in [0, 0.05) is 53.0 Å².